The summed E-state index contributed by atoms with van der Waals surface area (Å²) in [5, 5.41) is 0. The average Bonchev–Trinajstić information content (AvgIpc) is 2.47. The number of nitrogens with two attached hydrogens (primary N) is 1. The Kier molecular flexibility index (Phi) is 2.76. The molecule has 1 fully saturated rings. The van der Waals surface area contributed by atoms with E-state index in [2.05, 4.69) is 0 Å². The highest BCUT2D eigenvalue weighted by atomic mass is 19.1. The van der Waals surface area contributed by atoms with Crippen LogP contribution in [0.1, 0.15) is 18.9 Å². The van der Waals surface area contributed by atoms with E-state index in [9.17, 15) is 4.39 Å². The van der Waals surface area contributed by atoms with E-state index in [4.69, 9.17) is 10.5 Å². The molecule has 0 aliphatic carbocycles. The Hall–Kier alpha value is -0.930. The summed E-state index contributed by atoms with van der Waals surface area (Å²) in [4.78, 5) is 0. The van der Waals surface area contributed by atoms with Crippen molar-refractivity contribution >= 4 is 0 Å². The Balaban J connectivity index is 2.14. The molecule has 1 saturated heterocycles. The number of halogens is 1. The highest BCUT2D eigenvalue weighted by molar-refractivity contribution is 5.20. The van der Waals surface area contributed by atoms with Crippen LogP contribution in [0.15, 0.2) is 24.3 Å². The van der Waals surface area contributed by atoms with E-state index < -0.39 is 0 Å². The van der Waals surface area contributed by atoms with Gasteiger partial charge in [-0.05, 0) is 37.5 Å². The standard InChI is InChI=1S/C12H16FNO/c1-9-12(14,5-6-15-9)8-10-3-2-4-11(13)7-10/h2-4,7,9H,5-6,8,14H2,1H3. The van der Waals surface area contributed by atoms with Crippen molar-refractivity contribution in [2.24, 2.45) is 5.73 Å². The predicted molar refractivity (Wildman–Crippen MR) is 57.1 cm³/mol. The van der Waals surface area contributed by atoms with Gasteiger partial charge in [-0.25, -0.2) is 4.39 Å². The minimum Gasteiger partial charge on any atom is -0.377 e. The van der Waals surface area contributed by atoms with Gasteiger partial charge >= 0.3 is 0 Å². The highest BCUT2D eigenvalue weighted by Crippen LogP contribution is 2.27. The second kappa shape index (κ2) is 3.91. The monoisotopic (exact) mass is 209 g/mol. The molecule has 1 aromatic carbocycles. The summed E-state index contributed by atoms with van der Waals surface area (Å²) in [6, 6.07) is 6.61. The van der Waals surface area contributed by atoms with Crippen molar-refractivity contribution in [3.63, 3.8) is 0 Å². The maximum Gasteiger partial charge on any atom is 0.123 e. The van der Waals surface area contributed by atoms with Crippen molar-refractivity contribution in [1.29, 1.82) is 0 Å². The molecule has 0 aromatic heterocycles. The van der Waals surface area contributed by atoms with Crippen LogP contribution in [0.25, 0.3) is 0 Å². The van der Waals surface area contributed by atoms with Crippen molar-refractivity contribution in [2.75, 3.05) is 6.61 Å². The molecule has 2 nitrogen and oxygen atoms in total. The van der Waals surface area contributed by atoms with E-state index >= 15 is 0 Å². The molecule has 2 unspecified atom stereocenters. The maximum absolute atomic E-state index is 13.0. The number of benzene rings is 1. The molecule has 1 aliphatic rings. The minimum absolute atomic E-state index is 0.0424. The molecule has 1 aliphatic heterocycles. The molecule has 0 saturated carbocycles. The smallest absolute Gasteiger partial charge is 0.123 e. The number of hydrogen-bond acceptors (Lipinski definition) is 2. The van der Waals surface area contributed by atoms with E-state index in [0.29, 0.717) is 13.0 Å². The van der Waals surface area contributed by atoms with Crippen LogP contribution >= 0.6 is 0 Å². The van der Waals surface area contributed by atoms with Gasteiger partial charge in [0.15, 0.2) is 0 Å². The largest absolute Gasteiger partial charge is 0.377 e. The van der Waals surface area contributed by atoms with Crippen LogP contribution in [0, 0.1) is 5.82 Å². The van der Waals surface area contributed by atoms with Crippen LogP contribution in [-0.2, 0) is 11.2 Å². The van der Waals surface area contributed by atoms with Gasteiger partial charge < -0.3 is 10.5 Å². The summed E-state index contributed by atoms with van der Waals surface area (Å²) < 4.78 is 18.4. The van der Waals surface area contributed by atoms with E-state index in [1.54, 1.807) is 12.1 Å². The Bertz CT molecular complexity index is 355. The summed E-state index contributed by atoms with van der Waals surface area (Å²) in [7, 11) is 0. The van der Waals surface area contributed by atoms with Gasteiger partial charge in [0.05, 0.1) is 6.10 Å². The normalized spacial score (nSPS) is 30.7. The van der Waals surface area contributed by atoms with Crippen molar-refractivity contribution in [3.8, 4) is 0 Å². The fourth-order valence-electron chi connectivity index (χ4n) is 2.05. The van der Waals surface area contributed by atoms with Crippen molar-refractivity contribution in [1.82, 2.24) is 0 Å². The first-order valence-electron chi connectivity index (χ1n) is 5.25. The first kappa shape index (κ1) is 10.6. The van der Waals surface area contributed by atoms with Gasteiger partial charge in [0, 0.05) is 12.1 Å². The molecule has 2 rings (SSSR count). The van der Waals surface area contributed by atoms with Crippen LogP contribution in [-0.4, -0.2) is 18.2 Å². The first-order valence-corrected chi connectivity index (χ1v) is 5.25. The Morgan fingerprint density at radius 2 is 2.40 bits per heavy atom. The number of rotatable bonds is 2. The fourth-order valence-corrected chi connectivity index (χ4v) is 2.05. The molecule has 1 heterocycles. The lowest BCUT2D eigenvalue weighted by Gasteiger charge is -2.27. The number of ether oxygens (including phenoxy) is 1. The Labute approximate surface area is 89.2 Å². The van der Waals surface area contributed by atoms with E-state index in [-0.39, 0.29) is 17.5 Å². The SMILES string of the molecule is CC1OCCC1(N)Cc1cccc(F)c1. The third-order valence-electron chi connectivity index (χ3n) is 3.17. The van der Waals surface area contributed by atoms with Gasteiger partial charge in [-0.15, -0.1) is 0 Å². The van der Waals surface area contributed by atoms with Gasteiger partial charge in [0.1, 0.15) is 5.82 Å². The van der Waals surface area contributed by atoms with E-state index in [0.717, 1.165) is 12.0 Å². The lowest BCUT2D eigenvalue weighted by Crippen LogP contribution is -2.48. The minimum atomic E-state index is -0.339. The van der Waals surface area contributed by atoms with Crippen molar-refractivity contribution in [2.45, 2.75) is 31.4 Å². The molecule has 3 heteroatoms. The predicted octanol–water partition coefficient (Wildman–Crippen LogP) is 1.87. The fraction of sp³-hybridized carbons (Fsp3) is 0.500. The summed E-state index contributed by atoms with van der Waals surface area (Å²) in [6.07, 6.45) is 1.55. The Morgan fingerprint density at radius 1 is 1.60 bits per heavy atom. The average molecular weight is 209 g/mol. The highest BCUT2D eigenvalue weighted by Gasteiger charge is 2.37. The molecule has 2 atom stereocenters. The third-order valence-corrected chi connectivity index (χ3v) is 3.17. The second-order valence-corrected chi connectivity index (χ2v) is 4.30. The van der Waals surface area contributed by atoms with Crippen LogP contribution in [0.3, 0.4) is 0 Å². The molecule has 82 valence electrons. The number of hydrogen-bond donors (Lipinski definition) is 1. The molecule has 0 amide bonds. The molecule has 0 spiro atoms. The molecular weight excluding hydrogens is 193 g/mol. The molecular formula is C12H16FNO. The van der Waals surface area contributed by atoms with E-state index in [1.807, 2.05) is 13.0 Å². The van der Waals surface area contributed by atoms with Gasteiger partial charge in [-0.2, -0.15) is 0 Å². The van der Waals surface area contributed by atoms with Gasteiger partial charge in [0.25, 0.3) is 0 Å². The van der Waals surface area contributed by atoms with Gasteiger partial charge in [-0.1, -0.05) is 12.1 Å². The molecule has 2 N–H and O–H groups in total. The quantitative estimate of drug-likeness (QED) is 0.807. The third kappa shape index (κ3) is 2.19. The summed E-state index contributed by atoms with van der Waals surface area (Å²) >= 11 is 0. The summed E-state index contributed by atoms with van der Waals surface area (Å²) in [5.41, 5.74) is 6.84. The molecule has 0 radical (unpaired) electrons. The first-order chi connectivity index (χ1) is 7.10. The van der Waals surface area contributed by atoms with Crippen LogP contribution in [0.4, 0.5) is 4.39 Å². The summed E-state index contributed by atoms with van der Waals surface area (Å²) in [5.74, 6) is -0.206. The van der Waals surface area contributed by atoms with Gasteiger partial charge in [-0.3, -0.25) is 0 Å². The molecule has 0 bridgehead atoms. The Morgan fingerprint density at radius 3 is 3.00 bits per heavy atom. The second-order valence-electron chi connectivity index (χ2n) is 4.30. The zero-order valence-corrected chi connectivity index (χ0v) is 8.87. The van der Waals surface area contributed by atoms with Crippen LogP contribution in [0.5, 0.6) is 0 Å². The maximum atomic E-state index is 13.0. The van der Waals surface area contributed by atoms with Crippen LogP contribution in [0.2, 0.25) is 0 Å². The van der Waals surface area contributed by atoms with Crippen molar-refractivity contribution < 1.29 is 9.13 Å². The molecule has 15 heavy (non-hydrogen) atoms. The van der Waals surface area contributed by atoms with Crippen LogP contribution < -0.4 is 5.73 Å². The van der Waals surface area contributed by atoms with Crippen molar-refractivity contribution in [3.05, 3.63) is 35.6 Å². The van der Waals surface area contributed by atoms with E-state index in [1.165, 1.54) is 6.07 Å². The lowest BCUT2D eigenvalue weighted by atomic mass is 9.86. The zero-order valence-electron chi connectivity index (χ0n) is 8.87. The zero-order chi connectivity index (χ0) is 10.9. The topological polar surface area (TPSA) is 35.2 Å². The summed E-state index contributed by atoms with van der Waals surface area (Å²) in [6.45, 7) is 2.68. The lowest BCUT2D eigenvalue weighted by molar-refractivity contribution is 0.0955. The molecule has 1 aromatic rings. The van der Waals surface area contributed by atoms with Gasteiger partial charge in [0.2, 0.25) is 0 Å².